The van der Waals surface area contributed by atoms with Gasteiger partial charge in [-0.1, -0.05) is 13.8 Å². The molecule has 0 saturated heterocycles. The Morgan fingerprint density at radius 2 is 1.79 bits per heavy atom. The van der Waals surface area contributed by atoms with Gasteiger partial charge >= 0.3 is 6.18 Å². The van der Waals surface area contributed by atoms with Crippen molar-refractivity contribution in [3.05, 3.63) is 0 Å². The maximum atomic E-state index is 12.7. The molecule has 112 valence electrons. The van der Waals surface area contributed by atoms with Crippen molar-refractivity contribution < 1.29 is 18.3 Å². The minimum absolute atomic E-state index is 0.0344. The van der Waals surface area contributed by atoms with E-state index in [0.29, 0.717) is 24.7 Å². The van der Waals surface area contributed by atoms with E-state index in [1.165, 1.54) is 4.90 Å². The summed E-state index contributed by atoms with van der Waals surface area (Å²) in [6.45, 7) is 3.36. The Kier molecular flexibility index (Phi) is 4.45. The molecule has 3 unspecified atom stereocenters. The van der Waals surface area contributed by atoms with Gasteiger partial charge in [-0.3, -0.25) is 4.90 Å². The van der Waals surface area contributed by atoms with Crippen LogP contribution in [0.1, 0.15) is 46.0 Å². The molecule has 2 aliphatic rings. The first-order valence-electron chi connectivity index (χ1n) is 7.28. The van der Waals surface area contributed by atoms with Crippen LogP contribution in [-0.4, -0.2) is 40.9 Å². The van der Waals surface area contributed by atoms with Gasteiger partial charge in [-0.15, -0.1) is 0 Å². The number of halogens is 3. The Morgan fingerprint density at radius 3 is 2.26 bits per heavy atom. The third-order valence-corrected chi connectivity index (χ3v) is 4.57. The van der Waals surface area contributed by atoms with Gasteiger partial charge in [-0.2, -0.15) is 13.2 Å². The van der Waals surface area contributed by atoms with Crippen molar-refractivity contribution in [3.8, 4) is 0 Å². The van der Waals surface area contributed by atoms with Gasteiger partial charge in [0.1, 0.15) is 0 Å². The van der Waals surface area contributed by atoms with Gasteiger partial charge in [0.15, 0.2) is 0 Å². The lowest BCUT2D eigenvalue weighted by atomic mass is 9.77. The zero-order chi connectivity index (χ0) is 14.2. The van der Waals surface area contributed by atoms with Crippen LogP contribution in [0.2, 0.25) is 0 Å². The molecule has 0 bridgehead atoms. The number of hydrogen-bond donors (Lipinski definition) is 1. The predicted molar refractivity (Wildman–Crippen MR) is 67.8 cm³/mol. The normalized spacial score (nSPS) is 33.2. The van der Waals surface area contributed by atoms with Crippen LogP contribution in [0.5, 0.6) is 0 Å². The molecule has 0 amide bonds. The molecule has 0 radical (unpaired) electrons. The summed E-state index contributed by atoms with van der Waals surface area (Å²) in [5, 5.41) is 10.1. The first-order chi connectivity index (χ1) is 8.78. The lowest BCUT2D eigenvalue weighted by molar-refractivity contribution is -0.161. The van der Waals surface area contributed by atoms with E-state index in [4.69, 9.17) is 0 Å². The number of alkyl halides is 3. The van der Waals surface area contributed by atoms with E-state index in [-0.39, 0.29) is 12.1 Å². The average molecular weight is 279 g/mol. The van der Waals surface area contributed by atoms with E-state index < -0.39 is 18.8 Å². The molecule has 0 aliphatic heterocycles. The lowest BCUT2D eigenvalue weighted by Gasteiger charge is -2.42. The van der Waals surface area contributed by atoms with Gasteiger partial charge in [-0.25, -0.2) is 0 Å². The van der Waals surface area contributed by atoms with E-state index in [1.807, 2.05) is 0 Å². The van der Waals surface area contributed by atoms with Crippen LogP contribution in [0.25, 0.3) is 0 Å². The minimum Gasteiger partial charge on any atom is -0.391 e. The highest BCUT2D eigenvalue weighted by Crippen LogP contribution is 2.39. The quantitative estimate of drug-likeness (QED) is 0.854. The summed E-state index contributed by atoms with van der Waals surface area (Å²) in [4.78, 5) is 1.53. The van der Waals surface area contributed by atoms with Gasteiger partial charge in [0.2, 0.25) is 0 Å². The Bertz CT molecular complexity index is 302. The molecule has 5 heteroatoms. The van der Waals surface area contributed by atoms with Gasteiger partial charge in [0.25, 0.3) is 0 Å². The summed E-state index contributed by atoms with van der Waals surface area (Å²) >= 11 is 0. The number of aliphatic hydroxyl groups excluding tert-OH is 1. The van der Waals surface area contributed by atoms with Crippen LogP contribution in [0.3, 0.4) is 0 Å². The van der Waals surface area contributed by atoms with E-state index in [2.05, 4.69) is 13.8 Å². The Morgan fingerprint density at radius 1 is 1.16 bits per heavy atom. The number of hydrogen-bond acceptors (Lipinski definition) is 2. The molecule has 0 aromatic rings. The molecule has 2 saturated carbocycles. The SMILES string of the molecule is CC(C)C1CCC(O)C(N(CC(F)(F)F)C2CC2)C1. The number of nitrogens with zero attached hydrogens (tertiary/aromatic N) is 1. The summed E-state index contributed by atoms with van der Waals surface area (Å²) in [6, 6.07) is -0.275. The minimum atomic E-state index is -4.17. The monoisotopic (exact) mass is 279 g/mol. The summed E-state index contributed by atoms with van der Waals surface area (Å²) in [5.41, 5.74) is 0. The second-order valence-corrected chi connectivity index (χ2v) is 6.47. The average Bonchev–Trinajstić information content (AvgIpc) is 3.09. The highest BCUT2D eigenvalue weighted by Gasteiger charge is 2.45. The van der Waals surface area contributed by atoms with E-state index in [9.17, 15) is 18.3 Å². The highest BCUT2D eigenvalue weighted by molar-refractivity contribution is 4.95. The smallest absolute Gasteiger partial charge is 0.391 e. The molecule has 1 N–H and O–H groups in total. The number of aliphatic hydroxyl groups is 1. The van der Waals surface area contributed by atoms with Crippen LogP contribution in [0.15, 0.2) is 0 Å². The standard InChI is InChI=1S/C14H24F3NO/c1-9(2)10-3-6-13(19)12(7-10)18(11-4-5-11)8-14(15,16)17/h9-13,19H,3-8H2,1-2H3. The van der Waals surface area contributed by atoms with Crippen molar-refractivity contribution in [2.75, 3.05) is 6.54 Å². The second kappa shape index (κ2) is 5.60. The van der Waals surface area contributed by atoms with Gasteiger partial charge in [0, 0.05) is 12.1 Å². The van der Waals surface area contributed by atoms with E-state index in [1.54, 1.807) is 0 Å². The molecule has 19 heavy (non-hydrogen) atoms. The molecule has 2 rings (SSSR count). The molecule has 0 aromatic carbocycles. The highest BCUT2D eigenvalue weighted by atomic mass is 19.4. The second-order valence-electron chi connectivity index (χ2n) is 6.47. The maximum absolute atomic E-state index is 12.7. The van der Waals surface area contributed by atoms with Crippen LogP contribution in [0, 0.1) is 11.8 Å². The van der Waals surface area contributed by atoms with Crippen molar-refractivity contribution in [2.45, 2.75) is 70.3 Å². The fourth-order valence-electron chi connectivity index (χ4n) is 3.25. The zero-order valence-electron chi connectivity index (χ0n) is 11.7. The topological polar surface area (TPSA) is 23.5 Å². The van der Waals surface area contributed by atoms with Crippen molar-refractivity contribution in [3.63, 3.8) is 0 Å². The van der Waals surface area contributed by atoms with Crippen molar-refractivity contribution >= 4 is 0 Å². The molecule has 2 fully saturated rings. The van der Waals surface area contributed by atoms with Crippen LogP contribution < -0.4 is 0 Å². The molecule has 3 atom stereocenters. The van der Waals surface area contributed by atoms with Crippen LogP contribution in [0.4, 0.5) is 13.2 Å². The van der Waals surface area contributed by atoms with Gasteiger partial charge < -0.3 is 5.11 Å². The summed E-state index contributed by atoms with van der Waals surface area (Å²) in [5.74, 6) is 0.907. The number of rotatable bonds is 4. The molecule has 0 spiro atoms. The predicted octanol–water partition coefficient (Wildman–Crippen LogP) is 3.20. The molecule has 2 nitrogen and oxygen atoms in total. The third-order valence-electron chi connectivity index (χ3n) is 4.57. The largest absolute Gasteiger partial charge is 0.401 e. The van der Waals surface area contributed by atoms with Crippen LogP contribution >= 0.6 is 0 Å². The molecular weight excluding hydrogens is 255 g/mol. The summed E-state index contributed by atoms with van der Waals surface area (Å²) < 4.78 is 38.1. The van der Waals surface area contributed by atoms with Gasteiger partial charge in [0.05, 0.1) is 12.6 Å². The molecular formula is C14H24F3NO. The van der Waals surface area contributed by atoms with E-state index in [0.717, 1.165) is 19.3 Å². The molecule has 0 heterocycles. The Balaban J connectivity index is 2.05. The Hall–Kier alpha value is -0.290. The zero-order valence-corrected chi connectivity index (χ0v) is 11.7. The Labute approximate surface area is 113 Å². The lowest BCUT2D eigenvalue weighted by Crippen LogP contribution is -2.52. The molecule has 2 aliphatic carbocycles. The van der Waals surface area contributed by atoms with Gasteiger partial charge in [-0.05, 0) is 43.9 Å². The first kappa shape index (κ1) is 15.1. The molecule has 0 aromatic heterocycles. The van der Waals surface area contributed by atoms with Crippen molar-refractivity contribution in [2.24, 2.45) is 11.8 Å². The van der Waals surface area contributed by atoms with E-state index >= 15 is 0 Å². The first-order valence-corrected chi connectivity index (χ1v) is 7.28. The fraction of sp³-hybridized carbons (Fsp3) is 1.00. The van der Waals surface area contributed by atoms with Crippen LogP contribution in [-0.2, 0) is 0 Å². The van der Waals surface area contributed by atoms with Crippen molar-refractivity contribution in [1.82, 2.24) is 4.90 Å². The third kappa shape index (κ3) is 4.09. The van der Waals surface area contributed by atoms with Crippen molar-refractivity contribution in [1.29, 1.82) is 0 Å². The fourth-order valence-corrected chi connectivity index (χ4v) is 3.25. The summed E-state index contributed by atoms with van der Waals surface area (Å²) in [6.07, 6.45) is -0.831. The maximum Gasteiger partial charge on any atom is 0.401 e. The summed E-state index contributed by atoms with van der Waals surface area (Å²) in [7, 11) is 0.